The average molecular weight is 426 g/mol. The standard InChI is InChI=1S/C19H19BN4O7/c1-19(2,3)16-6(21-5-22-16)4-7-17(30)24-10(18(31)23-7)11(25)8-9(20)13(27)15(29)14(28)12(8)26/h4-5,25-29H,1-3H3,(H,21,22)(H,23,31)(H,24,30)/b7-4-,11-10+. The van der Waals surface area contributed by atoms with Crippen molar-refractivity contribution in [2.75, 3.05) is 0 Å². The molecule has 0 amide bonds. The molecule has 1 aromatic carbocycles. The zero-order valence-electron chi connectivity index (χ0n) is 16.7. The highest BCUT2D eigenvalue weighted by Crippen LogP contribution is 2.43. The molecule has 2 heterocycles. The number of aliphatic hydroxyl groups is 1. The molecular formula is C19H19BN4O7. The molecule has 2 radical (unpaired) electrons. The Morgan fingerprint density at radius 1 is 1.00 bits per heavy atom. The minimum absolute atomic E-state index is 0.159. The van der Waals surface area contributed by atoms with Gasteiger partial charge in [0.05, 0.1) is 17.6 Å². The minimum atomic E-state index is -1.18. The fourth-order valence-corrected chi connectivity index (χ4v) is 2.98. The van der Waals surface area contributed by atoms with E-state index in [0.717, 1.165) is 5.69 Å². The first-order chi connectivity index (χ1) is 14.3. The molecule has 3 rings (SSSR count). The molecule has 12 heteroatoms. The number of aliphatic hydroxyl groups excluding tert-OH is 1. The molecule has 0 fully saturated rings. The molecule has 0 aliphatic heterocycles. The number of aromatic nitrogens is 4. The summed E-state index contributed by atoms with van der Waals surface area (Å²) in [6.45, 7) is 5.79. The first-order valence-corrected chi connectivity index (χ1v) is 8.91. The van der Waals surface area contributed by atoms with Crippen LogP contribution < -0.4 is 27.3 Å². The molecule has 0 aliphatic carbocycles. The largest absolute Gasteiger partial charge is 0.505 e. The van der Waals surface area contributed by atoms with E-state index < -0.39 is 56.3 Å². The summed E-state index contributed by atoms with van der Waals surface area (Å²) >= 11 is 0. The Morgan fingerprint density at radius 2 is 1.61 bits per heavy atom. The number of nitrogens with zero attached hydrogens (tertiary/aromatic N) is 1. The van der Waals surface area contributed by atoms with Crippen LogP contribution in [0.3, 0.4) is 0 Å². The van der Waals surface area contributed by atoms with Gasteiger partial charge in [-0.3, -0.25) is 9.59 Å². The predicted octanol–water partition coefficient (Wildman–Crippen LogP) is -1.76. The van der Waals surface area contributed by atoms with Crippen molar-refractivity contribution in [2.45, 2.75) is 26.2 Å². The second-order valence-corrected chi connectivity index (χ2v) is 7.79. The smallest absolute Gasteiger partial charge is 0.276 e. The SMILES string of the molecule is [B]c1c(O)c(O)c(O)c(O)c1/C(O)=c1\[nH]c(=O)/c(=C/c2nc[nH]c2C(C)(C)C)[nH]c1=O. The zero-order chi connectivity index (χ0) is 23.2. The van der Waals surface area contributed by atoms with Gasteiger partial charge in [-0.1, -0.05) is 20.8 Å². The van der Waals surface area contributed by atoms with E-state index in [1.54, 1.807) is 0 Å². The second-order valence-electron chi connectivity index (χ2n) is 7.79. The van der Waals surface area contributed by atoms with Gasteiger partial charge >= 0.3 is 0 Å². The van der Waals surface area contributed by atoms with Crippen molar-refractivity contribution in [3.05, 3.63) is 54.7 Å². The summed E-state index contributed by atoms with van der Waals surface area (Å²) in [5.74, 6) is -5.47. The maximum absolute atomic E-state index is 12.5. The van der Waals surface area contributed by atoms with Crippen molar-refractivity contribution in [3.8, 4) is 23.0 Å². The number of hydrogen-bond donors (Lipinski definition) is 8. The number of phenolic OH excluding ortho intramolecular Hbond substituents is 4. The van der Waals surface area contributed by atoms with Crippen LogP contribution in [0.4, 0.5) is 0 Å². The Bertz CT molecular complexity index is 1400. The molecule has 0 saturated carbocycles. The van der Waals surface area contributed by atoms with Crippen LogP contribution in [-0.4, -0.2) is 53.3 Å². The van der Waals surface area contributed by atoms with E-state index >= 15 is 0 Å². The van der Waals surface area contributed by atoms with E-state index in [9.17, 15) is 35.1 Å². The molecule has 31 heavy (non-hydrogen) atoms. The van der Waals surface area contributed by atoms with E-state index in [0.29, 0.717) is 5.69 Å². The van der Waals surface area contributed by atoms with Crippen molar-refractivity contribution in [2.24, 2.45) is 0 Å². The van der Waals surface area contributed by atoms with Crippen LogP contribution >= 0.6 is 0 Å². The van der Waals surface area contributed by atoms with Gasteiger partial charge < -0.3 is 40.5 Å². The van der Waals surface area contributed by atoms with Crippen molar-refractivity contribution in [3.63, 3.8) is 0 Å². The molecular weight excluding hydrogens is 407 g/mol. The van der Waals surface area contributed by atoms with E-state index in [4.69, 9.17) is 7.85 Å². The van der Waals surface area contributed by atoms with Gasteiger partial charge in [0.25, 0.3) is 11.1 Å². The fourth-order valence-electron chi connectivity index (χ4n) is 2.98. The lowest BCUT2D eigenvalue weighted by Gasteiger charge is -2.16. The number of imidazole rings is 1. The lowest BCUT2D eigenvalue weighted by atomic mass is 9.87. The minimum Gasteiger partial charge on any atom is -0.505 e. The van der Waals surface area contributed by atoms with E-state index in [1.165, 1.54) is 12.4 Å². The fraction of sp³-hybridized carbons (Fsp3) is 0.211. The third-order valence-electron chi connectivity index (χ3n) is 4.57. The van der Waals surface area contributed by atoms with Crippen molar-refractivity contribution >= 4 is 25.1 Å². The molecule has 0 unspecified atom stereocenters. The third kappa shape index (κ3) is 3.63. The number of aromatic hydroxyl groups is 4. The number of benzene rings is 1. The number of aromatic amines is 3. The first kappa shape index (κ1) is 21.6. The number of hydrogen-bond acceptors (Lipinski definition) is 8. The molecule has 2 aromatic heterocycles. The Morgan fingerprint density at radius 3 is 2.23 bits per heavy atom. The maximum Gasteiger partial charge on any atom is 0.276 e. The Labute approximate surface area is 175 Å². The summed E-state index contributed by atoms with van der Waals surface area (Å²) in [7, 11) is 5.57. The van der Waals surface area contributed by atoms with Gasteiger partial charge in [0.2, 0.25) is 11.5 Å². The summed E-state index contributed by atoms with van der Waals surface area (Å²) in [5.41, 5.74) is -2.44. The van der Waals surface area contributed by atoms with Crippen molar-refractivity contribution in [1.82, 2.24) is 19.9 Å². The van der Waals surface area contributed by atoms with Crippen LogP contribution in [0.5, 0.6) is 23.0 Å². The molecule has 0 saturated heterocycles. The summed E-state index contributed by atoms with van der Waals surface area (Å²) in [5, 5.41) is 48.5. The monoisotopic (exact) mass is 426 g/mol. The third-order valence-corrected chi connectivity index (χ3v) is 4.57. The second kappa shape index (κ2) is 7.31. The Hall–Kier alpha value is -4.09. The maximum atomic E-state index is 12.5. The highest BCUT2D eigenvalue weighted by molar-refractivity contribution is 6.37. The normalized spacial score (nSPS) is 13.5. The summed E-state index contributed by atoms with van der Waals surface area (Å²) in [6, 6.07) is 0. The van der Waals surface area contributed by atoms with Crippen molar-refractivity contribution < 1.29 is 25.5 Å². The summed E-state index contributed by atoms with van der Waals surface area (Å²) in [4.78, 5) is 36.6. The van der Waals surface area contributed by atoms with Crippen LogP contribution in [0, 0.1) is 0 Å². The van der Waals surface area contributed by atoms with Gasteiger partial charge in [0.15, 0.2) is 22.6 Å². The predicted molar refractivity (Wildman–Crippen MR) is 111 cm³/mol. The summed E-state index contributed by atoms with van der Waals surface area (Å²) in [6.07, 6.45) is 2.80. The molecule has 3 aromatic rings. The molecule has 11 nitrogen and oxygen atoms in total. The highest BCUT2D eigenvalue weighted by atomic mass is 16.3. The lowest BCUT2D eigenvalue weighted by Crippen LogP contribution is -2.48. The molecule has 0 aliphatic rings. The van der Waals surface area contributed by atoms with Gasteiger partial charge in [0, 0.05) is 11.1 Å². The number of nitrogens with one attached hydrogen (secondary N) is 3. The van der Waals surface area contributed by atoms with E-state index in [-0.39, 0.29) is 10.8 Å². The van der Waals surface area contributed by atoms with Gasteiger partial charge in [0.1, 0.15) is 13.2 Å². The van der Waals surface area contributed by atoms with Crippen LogP contribution in [0.25, 0.3) is 11.8 Å². The number of H-pyrrole nitrogens is 3. The zero-order valence-corrected chi connectivity index (χ0v) is 16.7. The molecule has 0 atom stereocenters. The van der Waals surface area contributed by atoms with Crippen LogP contribution in [0.1, 0.15) is 37.7 Å². The lowest BCUT2D eigenvalue weighted by molar-refractivity contribution is 0.345. The van der Waals surface area contributed by atoms with Crippen LogP contribution in [-0.2, 0) is 5.41 Å². The molecule has 0 bridgehead atoms. The van der Waals surface area contributed by atoms with Gasteiger partial charge in [-0.2, -0.15) is 0 Å². The Balaban J connectivity index is 2.31. The first-order valence-electron chi connectivity index (χ1n) is 8.91. The van der Waals surface area contributed by atoms with Crippen molar-refractivity contribution in [1.29, 1.82) is 0 Å². The molecule has 160 valence electrons. The van der Waals surface area contributed by atoms with E-state index in [2.05, 4.69) is 19.9 Å². The van der Waals surface area contributed by atoms with Crippen LogP contribution in [0.2, 0.25) is 0 Å². The molecule has 8 N–H and O–H groups in total. The number of phenols is 4. The number of rotatable bonds is 2. The topological polar surface area (TPSA) is 196 Å². The van der Waals surface area contributed by atoms with Gasteiger partial charge in [-0.05, 0) is 11.5 Å². The Kier molecular flexibility index (Phi) is 5.10. The van der Waals surface area contributed by atoms with Gasteiger partial charge in [-0.15, -0.1) is 0 Å². The summed E-state index contributed by atoms with van der Waals surface area (Å²) < 4.78 is 0. The average Bonchev–Trinajstić information content (AvgIpc) is 3.16. The van der Waals surface area contributed by atoms with E-state index in [1.807, 2.05) is 20.8 Å². The van der Waals surface area contributed by atoms with Gasteiger partial charge in [-0.25, -0.2) is 4.98 Å². The van der Waals surface area contributed by atoms with Crippen LogP contribution in [0.15, 0.2) is 15.9 Å². The highest BCUT2D eigenvalue weighted by Gasteiger charge is 2.24. The molecule has 0 spiro atoms. The quantitative estimate of drug-likeness (QED) is 0.134.